The average molecular weight is 346 g/mol. The molecular weight excluding hydrogens is 320 g/mol. The first-order valence-corrected chi connectivity index (χ1v) is 9.31. The molecule has 0 spiro atoms. The Bertz CT molecular complexity index is 659. The number of amides is 1. The van der Waals surface area contributed by atoms with Crippen molar-refractivity contribution in [2.75, 3.05) is 13.1 Å². The van der Waals surface area contributed by atoms with E-state index in [1.54, 1.807) is 0 Å². The van der Waals surface area contributed by atoms with Gasteiger partial charge in [-0.05, 0) is 38.8 Å². The maximum absolute atomic E-state index is 12.7. The Morgan fingerprint density at radius 1 is 1.12 bits per heavy atom. The predicted octanol–water partition coefficient (Wildman–Crippen LogP) is 4.60. The van der Waals surface area contributed by atoms with E-state index >= 15 is 0 Å². The minimum Gasteiger partial charge on any atom is -0.486 e. The number of ether oxygens (including phenoxy) is 1. The summed E-state index contributed by atoms with van der Waals surface area (Å²) in [5.74, 6) is 0.912. The highest BCUT2D eigenvalue weighted by Crippen LogP contribution is 2.22. The average Bonchev–Trinajstić information content (AvgIpc) is 2.94. The first-order valence-electron chi connectivity index (χ1n) is 8.50. The molecule has 1 heterocycles. The zero-order valence-corrected chi connectivity index (χ0v) is 15.8. The summed E-state index contributed by atoms with van der Waals surface area (Å²) in [7, 11) is 0. The van der Waals surface area contributed by atoms with Gasteiger partial charge in [-0.3, -0.25) is 4.79 Å². The molecule has 4 nitrogen and oxygen atoms in total. The zero-order chi connectivity index (χ0) is 17.5. The highest BCUT2D eigenvalue weighted by Gasteiger charge is 2.20. The van der Waals surface area contributed by atoms with E-state index in [-0.39, 0.29) is 5.91 Å². The molecule has 2 aromatic rings. The molecule has 1 amide bonds. The molecule has 24 heavy (non-hydrogen) atoms. The third-order valence-corrected chi connectivity index (χ3v) is 4.81. The maximum atomic E-state index is 12.7. The lowest BCUT2D eigenvalue weighted by Gasteiger charge is -2.20. The van der Waals surface area contributed by atoms with Crippen LogP contribution in [-0.2, 0) is 6.61 Å². The number of aryl methyl sites for hydroxylation is 2. The smallest absolute Gasteiger partial charge is 0.265 e. The summed E-state index contributed by atoms with van der Waals surface area (Å²) in [6, 6.07) is 7.94. The number of aromatic nitrogens is 1. The third-order valence-electron chi connectivity index (χ3n) is 3.69. The van der Waals surface area contributed by atoms with Gasteiger partial charge in [0.25, 0.3) is 5.91 Å². The standard InChI is InChI=1S/C19H26N2O2S/c1-5-11-21(12-6-2)19(22)18-15(4)20-17(24-18)13-23-16-9-7-14(3)8-10-16/h7-10H,5-6,11-13H2,1-4H3. The number of thiazole rings is 1. The second-order valence-electron chi connectivity index (χ2n) is 5.92. The molecule has 0 aliphatic rings. The van der Waals surface area contributed by atoms with Crippen LogP contribution < -0.4 is 4.74 Å². The van der Waals surface area contributed by atoms with Gasteiger partial charge in [-0.15, -0.1) is 11.3 Å². The second-order valence-corrected chi connectivity index (χ2v) is 7.00. The van der Waals surface area contributed by atoms with Crippen LogP contribution in [0.4, 0.5) is 0 Å². The van der Waals surface area contributed by atoms with Gasteiger partial charge < -0.3 is 9.64 Å². The predicted molar refractivity (Wildman–Crippen MR) is 98.8 cm³/mol. The molecule has 0 saturated carbocycles. The van der Waals surface area contributed by atoms with Crippen molar-refractivity contribution in [3.63, 3.8) is 0 Å². The van der Waals surface area contributed by atoms with Crippen molar-refractivity contribution in [3.8, 4) is 5.75 Å². The molecule has 0 N–H and O–H groups in total. The molecular formula is C19H26N2O2S. The minimum absolute atomic E-state index is 0.0929. The lowest BCUT2D eigenvalue weighted by molar-refractivity contribution is 0.0759. The first-order chi connectivity index (χ1) is 11.5. The van der Waals surface area contributed by atoms with Crippen LogP contribution in [0.1, 0.15) is 52.6 Å². The minimum atomic E-state index is 0.0929. The van der Waals surface area contributed by atoms with Crippen molar-refractivity contribution >= 4 is 17.2 Å². The summed E-state index contributed by atoms with van der Waals surface area (Å²) >= 11 is 1.44. The molecule has 130 valence electrons. The van der Waals surface area contributed by atoms with Gasteiger partial charge in [0.05, 0.1) is 5.69 Å². The molecule has 1 aromatic carbocycles. The molecule has 0 unspecified atom stereocenters. The zero-order valence-electron chi connectivity index (χ0n) is 15.0. The molecule has 0 atom stereocenters. The fraction of sp³-hybridized carbons (Fsp3) is 0.474. The van der Waals surface area contributed by atoms with Crippen molar-refractivity contribution in [1.29, 1.82) is 0 Å². The van der Waals surface area contributed by atoms with Crippen LogP contribution in [0.15, 0.2) is 24.3 Å². The lowest BCUT2D eigenvalue weighted by atomic mass is 10.2. The second kappa shape index (κ2) is 8.83. The fourth-order valence-electron chi connectivity index (χ4n) is 2.49. The van der Waals surface area contributed by atoms with E-state index in [9.17, 15) is 4.79 Å². The van der Waals surface area contributed by atoms with Crippen LogP contribution >= 0.6 is 11.3 Å². The van der Waals surface area contributed by atoms with Gasteiger partial charge in [0.2, 0.25) is 0 Å². The van der Waals surface area contributed by atoms with E-state index in [0.29, 0.717) is 6.61 Å². The normalized spacial score (nSPS) is 10.7. The van der Waals surface area contributed by atoms with Crippen LogP contribution in [-0.4, -0.2) is 28.9 Å². The number of hydrogen-bond acceptors (Lipinski definition) is 4. The summed E-state index contributed by atoms with van der Waals surface area (Å²) in [6.45, 7) is 10.1. The van der Waals surface area contributed by atoms with Crippen LogP contribution in [0.3, 0.4) is 0 Å². The Balaban J connectivity index is 2.05. The monoisotopic (exact) mass is 346 g/mol. The molecule has 1 aromatic heterocycles. The van der Waals surface area contributed by atoms with Gasteiger partial charge in [0.15, 0.2) is 0 Å². The molecule has 5 heteroatoms. The Hall–Kier alpha value is -1.88. The Labute approximate surface area is 148 Å². The molecule has 0 aliphatic carbocycles. The summed E-state index contributed by atoms with van der Waals surface area (Å²) < 4.78 is 5.77. The first kappa shape index (κ1) is 18.5. The number of carbonyl (C=O) groups excluding carboxylic acids is 1. The molecule has 0 radical (unpaired) electrons. The summed E-state index contributed by atoms with van der Waals surface area (Å²) in [5.41, 5.74) is 2.00. The van der Waals surface area contributed by atoms with Crippen molar-refractivity contribution in [2.24, 2.45) is 0 Å². The van der Waals surface area contributed by atoms with E-state index in [4.69, 9.17) is 4.74 Å². The summed E-state index contributed by atoms with van der Waals surface area (Å²) in [4.78, 5) is 19.9. The Kier molecular flexibility index (Phi) is 6.79. The van der Waals surface area contributed by atoms with Crippen LogP contribution in [0, 0.1) is 13.8 Å². The topological polar surface area (TPSA) is 42.4 Å². The molecule has 0 bridgehead atoms. The largest absolute Gasteiger partial charge is 0.486 e. The van der Waals surface area contributed by atoms with Crippen molar-refractivity contribution < 1.29 is 9.53 Å². The van der Waals surface area contributed by atoms with Gasteiger partial charge >= 0.3 is 0 Å². The molecule has 0 saturated heterocycles. The van der Waals surface area contributed by atoms with E-state index in [1.165, 1.54) is 16.9 Å². The van der Waals surface area contributed by atoms with Crippen LogP contribution in [0.2, 0.25) is 0 Å². The Morgan fingerprint density at radius 2 is 1.75 bits per heavy atom. The van der Waals surface area contributed by atoms with Gasteiger partial charge in [-0.25, -0.2) is 4.98 Å². The third kappa shape index (κ3) is 4.81. The number of carbonyl (C=O) groups is 1. The van der Waals surface area contributed by atoms with Gasteiger partial charge in [0, 0.05) is 13.1 Å². The molecule has 2 rings (SSSR count). The number of rotatable bonds is 8. The van der Waals surface area contributed by atoms with Gasteiger partial charge in [0.1, 0.15) is 22.2 Å². The fourth-order valence-corrected chi connectivity index (χ4v) is 3.44. The number of benzene rings is 1. The molecule has 0 fully saturated rings. The SMILES string of the molecule is CCCN(CCC)C(=O)c1sc(COc2ccc(C)cc2)nc1C. The highest BCUT2D eigenvalue weighted by molar-refractivity contribution is 7.13. The van der Waals surface area contributed by atoms with Crippen molar-refractivity contribution in [1.82, 2.24) is 9.88 Å². The number of hydrogen-bond donors (Lipinski definition) is 0. The maximum Gasteiger partial charge on any atom is 0.265 e. The van der Waals surface area contributed by atoms with Crippen LogP contribution in [0.25, 0.3) is 0 Å². The van der Waals surface area contributed by atoms with E-state index in [2.05, 4.69) is 18.8 Å². The lowest BCUT2D eigenvalue weighted by Crippen LogP contribution is -2.32. The van der Waals surface area contributed by atoms with E-state index < -0.39 is 0 Å². The number of nitrogens with zero attached hydrogens (tertiary/aromatic N) is 2. The van der Waals surface area contributed by atoms with Gasteiger partial charge in [-0.2, -0.15) is 0 Å². The quantitative estimate of drug-likeness (QED) is 0.701. The van der Waals surface area contributed by atoms with Crippen LogP contribution in [0.5, 0.6) is 5.75 Å². The van der Waals surface area contributed by atoms with E-state index in [0.717, 1.165) is 47.3 Å². The Morgan fingerprint density at radius 3 is 2.33 bits per heavy atom. The van der Waals surface area contributed by atoms with E-state index in [1.807, 2.05) is 43.0 Å². The summed E-state index contributed by atoms with van der Waals surface area (Å²) in [6.07, 6.45) is 1.93. The van der Waals surface area contributed by atoms with Crippen molar-refractivity contribution in [2.45, 2.75) is 47.1 Å². The van der Waals surface area contributed by atoms with Crippen molar-refractivity contribution in [3.05, 3.63) is 45.4 Å². The molecule has 0 aliphatic heterocycles. The summed E-state index contributed by atoms with van der Waals surface area (Å²) in [5, 5.41) is 0.837. The van der Waals surface area contributed by atoms with Gasteiger partial charge in [-0.1, -0.05) is 31.5 Å². The highest BCUT2D eigenvalue weighted by atomic mass is 32.1.